The minimum atomic E-state index is -0.453. The number of hydrogen-bond donors (Lipinski definition) is 1. The number of benzene rings is 1. The molecule has 1 aliphatic heterocycles. The minimum absolute atomic E-state index is 0.00229. The summed E-state index contributed by atoms with van der Waals surface area (Å²) in [5.74, 6) is 2.92. The van der Waals surface area contributed by atoms with E-state index in [0.717, 1.165) is 11.5 Å². The third-order valence-electron chi connectivity index (χ3n) is 3.73. The van der Waals surface area contributed by atoms with Crippen LogP contribution in [-0.2, 0) is 4.79 Å². The predicted molar refractivity (Wildman–Crippen MR) is 104 cm³/mol. The Morgan fingerprint density at radius 3 is 2.88 bits per heavy atom. The molecule has 3 rings (SSSR count). The second kappa shape index (κ2) is 7.96. The summed E-state index contributed by atoms with van der Waals surface area (Å²) in [6, 6.07) is 9.59. The van der Waals surface area contributed by atoms with Crippen molar-refractivity contribution < 1.29 is 14.1 Å². The van der Waals surface area contributed by atoms with Crippen LogP contribution in [-0.4, -0.2) is 32.6 Å². The van der Waals surface area contributed by atoms with Crippen LogP contribution in [0, 0.1) is 10.1 Å². The lowest BCUT2D eigenvalue weighted by atomic mass is 10.1. The Bertz CT molecular complexity index is 844. The summed E-state index contributed by atoms with van der Waals surface area (Å²) in [5, 5.41) is 14.8. The molecule has 0 bridgehead atoms. The number of hydrazone groups is 1. The number of furan rings is 1. The normalized spacial score (nSPS) is 16.0. The monoisotopic (exact) mass is 391 g/mol. The summed E-state index contributed by atoms with van der Waals surface area (Å²) in [4.78, 5) is 22.4. The van der Waals surface area contributed by atoms with Crippen molar-refractivity contribution in [3.63, 3.8) is 0 Å². The zero-order chi connectivity index (χ0) is 18.6. The maximum Gasteiger partial charge on any atom is 0.270 e. The molecule has 1 N–H and O–H groups in total. The van der Waals surface area contributed by atoms with Gasteiger partial charge in [0.25, 0.3) is 5.69 Å². The summed E-state index contributed by atoms with van der Waals surface area (Å²) in [6.07, 6.45) is 1.81. The van der Waals surface area contributed by atoms with Crippen molar-refractivity contribution in [3.8, 4) is 11.3 Å². The van der Waals surface area contributed by atoms with Crippen LogP contribution >= 0.6 is 23.5 Å². The molecule has 1 aliphatic rings. The van der Waals surface area contributed by atoms with Gasteiger partial charge in [0.05, 0.1) is 21.6 Å². The van der Waals surface area contributed by atoms with Crippen LogP contribution in [0.4, 0.5) is 5.69 Å². The van der Waals surface area contributed by atoms with E-state index in [-0.39, 0.29) is 15.7 Å². The van der Waals surface area contributed by atoms with E-state index in [1.165, 1.54) is 18.3 Å². The molecule has 7 nitrogen and oxygen atoms in total. The second-order valence-electron chi connectivity index (χ2n) is 5.81. The molecule has 0 unspecified atom stereocenters. The number of nitro benzene ring substituents is 1. The average molecular weight is 391 g/mol. The van der Waals surface area contributed by atoms with Gasteiger partial charge in [0.15, 0.2) is 0 Å². The van der Waals surface area contributed by atoms with Gasteiger partial charge in [-0.1, -0.05) is 12.1 Å². The first-order chi connectivity index (χ1) is 12.5. The Labute approximate surface area is 158 Å². The average Bonchev–Trinajstić information content (AvgIpc) is 3.24. The van der Waals surface area contributed by atoms with E-state index in [4.69, 9.17) is 4.42 Å². The topological polar surface area (TPSA) is 97.7 Å². The van der Waals surface area contributed by atoms with Crippen molar-refractivity contribution in [2.24, 2.45) is 5.10 Å². The van der Waals surface area contributed by atoms with Crippen LogP contribution in [0.3, 0.4) is 0 Å². The van der Waals surface area contributed by atoms with Crippen molar-refractivity contribution in [2.75, 3.05) is 11.5 Å². The van der Waals surface area contributed by atoms with Crippen molar-refractivity contribution in [1.82, 2.24) is 5.43 Å². The number of non-ortho nitro benzene ring substituents is 1. The molecule has 1 fully saturated rings. The van der Waals surface area contributed by atoms with Crippen LogP contribution < -0.4 is 5.43 Å². The molecule has 2 heterocycles. The number of rotatable bonds is 6. The standard InChI is InChI=1S/C17H17N3O4S2/c1-17(25-7-8-26-17)10-16(21)19-18-11-14-5-6-15(24-14)12-3-2-4-13(9-12)20(22)23/h2-6,9,11H,7-8,10H2,1H3,(H,19,21). The number of nitrogens with zero attached hydrogens (tertiary/aromatic N) is 2. The van der Waals surface area contributed by atoms with Gasteiger partial charge in [-0.25, -0.2) is 5.43 Å². The molecule has 0 saturated carbocycles. The van der Waals surface area contributed by atoms with Gasteiger partial charge in [-0.05, 0) is 19.1 Å². The van der Waals surface area contributed by atoms with Gasteiger partial charge < -0.3 is 4.42 Å². The lowest BCUT2D eigenvalue weighted by molar-refractivity contribution is -0.384. The van der Waals surface area contributed by atoms with E-state index in [9.17, 15) is 14.9 Å². The largest absolute Gasteiger partial charge is 0.455 e. The van der Waals surface area contributed by atoms with Crippen LogP contribution in [0.1, 0.15) is 19.1 Å². The fourth-order valence-corrected chi connectivity index (χ4v) is 5.34. The molecule has 0 aliphatic carbocycles. The van der Waals surface area contributed by atoms with E-state index >= 15 is 0 Å². The van der Waals surface area contributed by atoms with E-state index in [1.54, 1.807) is 47.8 Å². The molecule has 0 atom stereocenters. The van der Waals surface area contributed by atoms with E-state index in [1.807, 2.05) is 0 Å². The number of nitro groups is 1. The SMILES string of the molecule is CC1(CC(=O)NN=Cc2ccc(-c3cccc([N+](=O)[O-])c3)o2)SCCS1. The summed E-state index contributed by atoms with van der Waals surface area (Å²) in [5.41, 5.74) is 3.11. The number of carbonyl (C=O) groups is 1. The molecule has 1 amide bonds. The first-order valence-corrected chi connectivity index (χ1v) is 9.87. The summed E-state index contributed by atoms with van der Waals surface area (Å²) < 4.78 is 5.52. The number of nitrogens with one attached hydrogen (secondary N) is 1. The lowest BCUT2D eigenvalue weighted by Gasteiger charge is -2.19. The number of amides is 1. The highest BCUT2D eigenvalue weighted by molar-refractivity contribution is 8.21. The highest BCUT2D eigenvalue weighted by atomic mass is 32.2. The molecule has 9 heteroatoms. The molecular weight excluding hydrogens is 374 g/mol. The highest BCUT2D eigenvalue weighted by Gasteiger charge is 2.32. The molecule has 2 aromatic rings. The van der Waals surface area contributed by atoms with Crippen LogP contribution in [0.15, 0.2) is 45.9 Å². The van der Waals surface area contributed by atoms with Gasteiger partial charge in [-0.2, -0.15) is 5.10 Å². The number of thioether (sulfide) groups is 2. The van der Waals surface area contributed by atoms with Crippen molar-refractivity contribution in [3.05, 3.63) is 52.3 Å². The maximum absolute atomic E-state index is 12.0. The van der Waals surface area contributed by atoms with Gasteiger partial charge in [-0.3, -0.25) is 14.9 Å². The Morgan fingerprint density at radius 1 is 1.38 bits per heavy atom. The van der Waals surface area contributed by atoms with Gasteiger partial charge in [0.1, 0.15) is 11.5 Å². The summed E-state index contributed by atoms with van der Waals surface area (Å²) in [6.45, 7) is 2.07. The Morgan fingerprint density at radius 2 is 2.15 bits per heavy atom. The molecule has 1 aromatic heterocycles. The molecule has 136 valence electrons. The number of carbonyl (C=O) groups excluding carboxylic acids is 1. The molecule has 1 saturated heterocycles. The van der Waals surface area contributed by atoms with E-state index in [0.29, 0.717) is 23.5 Å². The van der Waals surface area contributed by atoms with Crippen molar-refractivity contribution in [1.29, 1.82) is 0 Å². The lowest BCUT2D eigenvalue weighted by Crippen LogP contribution is -2.26. The predicted octanol–water partition coefficient (Wildman–Crippen LogP) is 3.89. The van der Waals surface area contributed by atoms with Gasteiger partial charge >= 0.3 is 0 Å². The summed E-state index contributed by atoms with van der Waals surface area (Å²) >= 11 is 3.58. The molecule has 0 spiro atoms. The fourth-order valence-electron chi connectivity index (χ4n) is 2.51. The molecule has 0 radical (unpaired) electrons. The molecule has 26 heavy (non-hydrogen) atoms. The second-order valence-corrected chi connectivity index (χ2v) is 9.26. The molecule has 1 aromatic carbocycles. The first-order valence-electron chi connectivity index (χ1n) is 7.90. The van der Waals surface area contributed by atoms with Crippen LogP contribution in [0.2, 0.25) is 0 Å². The Hall–Kier alpha value is -2.26. The Kier molecular flexibility index (Phi) is 5.67. The quantitative estimate of drug-likeness (QED) is 0.456. The maximum atomic E-state index is 12.0. The van der Waals surface area contributed by atoms with Crippen molar-refractivity contribution in [2.45, 2.75) is 17.4 Å². The zero-order valence-corrected chi connectivity index (χ0v) is 15.6. The van der Waals surface area contributed by atoms with Crippen molar-refractivity contribution >= 4 is 41.3 Å². The van der Waals surface area contributed by atoms with Crippen LogP contribution in [0.25, 0.3) is 11.3 Å². The van der Waals surface area contributed by atoms with E-state index in [2.05, 4.69) is 17.5 Å². The fraction of sp³-hybridized carbons (Fsp3) is 0.294. The zero-order valence-electron chi connectivity index (χ0n) is 14.0. The highest BCUT2D eigenvalue weighted by Crippen LogP contribution is 2.45. The summed E-state index contributed by atoms with van der Waals surface area (Å²) in [7, 11) is 0. The third-order valence-corrected chi connectivity index (χ3v) is 7.02. The Balaban J connectivity index is 1.59. The third kappa shape index (κ3) is 4.67. The molecular formula is C17H17N3O4S2. The van der Waals surface area contributed by atoms with Crippen LogP contribution in [0.5, 0.6) is 0 Å². The van der Waals surface area contributed by atoms with Gasteiger partial charge in [-0.15, -0.1) is 23.5 Å². The smallest absolute Gasteiger partial charge is 0.270 e. The van der Waals surface area contributed by atoms with Gasteiger partial charge in [0.2, 0.25) is 5.91 Å². The minimum Gasteiger partial charge on any atom is -0.455 e. The number of hydrogen-bond acceptors (Lipinski definition) is 7. The van der Waals surface area contributed by atoms with E-state index < -0.39 is 4.92 Å². The van der Waals surface area contributed by atoms with Gasteiger partial charge in [0, 0.05) is 29.2 Å². The first kappa shape index (κ1) is 18.5.